The van der Waals surface area contributed by atoms with Crippen molar-refractivity contribution in [3.05, 3.63) is 0 Å². The van der Waals surface area contributed by atoms with Crippen molar-refractivity contribution in [1.29, 1.82) is 0 Å². The predicted octanol–water partition coefficient (Wildman–Crippen LogP) is 0.0770. The molecule has 0 aromatic rings. The van der Waals surface area contributed by atoms with E-state index in [1.165, 1.54) is 0 Å². The molecule has 1 fully saturated rings. The third-order valence-electron chi connectivity index (χ3n) is 1.67. The number of aliphatic hydroxyl groups is 1. The van der Waals surface area contributed by atoms with Gasteiger partial charge in [-0.2, -0.15) is 0 Å². The van der Waals surface area contributed by atoms with E-state index < -0.39 is 6.29 Å². The largest absolute Gasteiger partial charge is 0.366 e. The molecular formula is C7H15NO2. The monoisotopic (exact) mass is 145 g/mol. The topological polar surface area (TPSA) is 58.8 Å². The Labute approximate surface area is 61.2 Å². The second-order valence-corrected chi connectivity index (χ2v) is 3.28. The summed E-state index contributed by atoms with van der Waals surface area (Å²) in [6, 6.07) is 0.00926. The number of hydrogen-bond donors (Lipinski definition) is 2. The summed E-state index contributed by atoms with van der Waals surface area (Å²) >= 11 is 0. The molecule has 10 heavy (non-hydrogen) atoms. The molecule has 1 saturated heterocycles. The number of epoxide rings is 1. The van der Waals surface area contributed by atoms with Crippen LogP contribution in [0.1, 0.15) is 20.3 Å². The molecule has 1 heterocycles. The highest BCUT2D eigenvalue weighted by Gasteiger charge is 2.41. The van der Waals surface area contributed by atoms with Gasteiger partial charge in [0.1, 0.15) is 6.10 Å². The number of hydrogen-bond acceptors (Lipinski definition) is 3. The Hall–Kier alpha value is -0.120. The second-order valence-electron chi connectivity index (χ2n) is 3.28. The van der Waals surface area contributed by atoms with Crippen molar-refractivity contribution in [3.63, 3.8) is 0 Å². The van der Waals surface area contributed by atoms with Gasteiger partial charge in [-0.05, 0) is 12.3 Å². The van der Waals surface area contributed by atoms with Gasteiger partial charge in [0.05, 0.1) is 0 Å². The van der Waals surface area contributed by atoms with Gasteiger partial charge in [0.25, 0.3) is 0 Å². The third kappa shape index (κ3) is 1.94. The summed E-state index contributed by atoms with van der Waals surface area (Å²) in [7, 11) is 0. The highest BCUT2D eigenvalue weighted by atomic mass is 16.7. The van der Waals surface area contributed by atoms with Crippen molar-refractivity contribution in [2.45, 2.75) is 38.7 Å². The Morgan fingerprint density at radius 1 is 1.60 bits per heavy atom. The average Bonchev–Trinajstić information content (AvgIpc) is 2.44. The lowest BCUT2D eigenvalue weighted by Crippen LogP contribution is -2.29. The molecule has 0 saturated carbocycles. The van der Waals surface area contributed by atoms with Gasteiger partial charge in [-0.1, -0.05) is 13.8 Å². The molecule has 0 bridgehead atoms. The van der Waals surface area contributed by atoms with E-state index in [0.717, 1.165) is 6.42 Å². The minimum absolute atomic E-state index is 0.00926. The zero-order chi connectivity index (χ0) is 7.72. The van der Waals surface area contributed by atoms with Gasteiger partial charge in [-0.15, -0.1) is 0 Å². The van der Waals surface area contributed by atoms with Crippen molar-refractivity contribution in [3.8, 4) is 0 Å². The molecule has 0 aliphatic carbocycles. The standard InChI is InChI=1S/C7H15NO2/c1-4(2)3-5(8)6-7(9)10-6/h4-7,9H,3,8H2,1-2H3. The van der Waals surface area contributed by atoms with Gasteiger partial charge in [-0.3, -0.25) is 0 Å². The van der Waals surface area contributed by atoms with Crippen LogP contribution < -0.4 is 5.73 Å². The molecule has 3 unspecified atom stereocenters. The Kier molecular flexibility index (Phi) is 2.28. The van der Waals surface area contributed by atoms with Crippen LogP contribution in [-0.2, 0) is 4.74 Å². The maximum absolute atomic E-state index is 8.81. The van der Waals surface area contributed by atoms with Crippen LogP contribution in [0, 0.1) is 5.92 Å². The van der Waals surface area contributed by atoms with Crippen LogP contribution in [0.25, 0.3) is 0 Å². The zero-order valence-corrected chi connectivity index (χ0v) is 6.45. The van der Waals surface area contributed by atoms with Crippen molar-refractivity contribution in [1.82, 2.24) is 0 Å². The maximum atomic E-state index is 8.81. The third-order valence-corrected chi connectivity index (χ3v) is 1.67. The van der Waals surface area contributed by atoms with Gasteiger partial charge in [0.2, 0.25) is 0 Å². The summed E-state index contributed by atoms with van der Waals surface area (Å²) < 4.78 is 4.81. The molecule has 0 radical (unpaired) electrons. The summed E-state index contributed by atoms with van der Waals surface area (Å²) in [6.45, 7) is 4.21. The van der Waals surface area contributed by atoms with E-state index in [1.54, 1.807) is 0 Å². The summed E-state index contributed by atoms with van der Waals surface area (Å²) in [5.41, 5.74) is 5.69. The lowest BCUT2D eigenvalue weighted by atomic mass is 10.0. The Balaban J connectivity index is 2.16. The zero-order valence-electron chi connectivity index (χ0n) is 6.45. The van der Waals surface area contributed by atoms with Crippen molar-refractivity contribution >= 4 is 0 Å². The maximum Gasteiger partial charge on any atom is 0.183 e. The van der Waals surface area contributed by atoms with E-state index >= 15 is 0 Å². The van der Waals surface area contributed by atoms with Crippen LogP contribution in [0.5, 0.6) is 0 Å². The fourth-order valence-corrected chi connectivity index (χ4v) is 1.11. The van der Waals surface area contributed by atoms with Gasteiger partial charge in [-0.25, -0.2) is 0 Å². The minimum atomic E-state index is -0.589. The first kappa shape index (κ1) is 7.98. The molecular weight excluding hydrogens is 130 g/mol. The quantitative estimate of drug-likeness (QED) is 0.553. The Bertz CT molecular complexity index is 116. The Morgan fingerprint density at radius 2 is 2.10 bits per heavy atom. The van der Waals surface area contributed by atoms with E-state index in [4.69, 9.17) is 15.6 Å². The summed E-state index contributed by atoms with van der Waals surface area (Å²) in [4.78, 5) is 0. The fraction of sp³-hybridized carbons (Fsp3) is 1.00. The molecule has 0 amide bonds. The number of aliphatic hydroxyl groups excluding tert-OH is 1. The highest BCUT2D eigenvalue weighted by Crippen LogP contribution is 2.24. The van der Waals surface area contributed by atoms with Crippen molar-refractivity contribution in [2.24, 2.45) is 11.7 Å². The fourth-order valence-electron chi connectivity index (χ4n) is 1.11. The summed E-state index contributed by atoms with van der Waals surface area (Å²) in [5, 5.41) is 8.81. The number of nitrogens with two attached hydrogens (primary N) is 1. The average molecular weight is 145 g/mol. The van der Waals surface area contributed by atoms with Crippen molar-refractivity contribution < 1.29 is 9.84 Å². The van der Waals surface area contributed by atoms with Crippen LogP contribution in [0.4, 0.5) is 0 Å². The summed E-state index contributed by atoms with van der Waals surface area (Å²) in [5.74, 6) is 0.575. The SMILES string of the molecule is CC(C)CC(N)C1OC1O. The molecule has 3 atom stereocenters. The van der Waals surface area contributed by atoms with Gasteiger partial charge < -0.3 is 15.6 Å². The molecule has 1 aliphatic rings. The molecule has 3 heteroatoms. The van der Waals surface area contributed by atoms with Crippen LogP contribution in [-0.4, -0.2) is 23.5 Å². The molecule has 3 N–H and O–H groups in total. The summed E-state index contributed by atoms with van der Waals surface area (Å²) in [6.07, 6.45) is 0.234. The van der Waals surface area contributed by atoms with E-state index in [2.05, 4.69) is 13.8 Å². The molecule has 60 valence electrons. The molecule has 0 spiro atoms. The lowest BCUT2D eigenvalue weighted by molar-refractivity contribution is 0.155. The Morgan fingerprint density at radius 3 is 2.40 bits per heavy atom. The predicted molar refractivity (Wildman–Crippen MR) is 38.3 cm³/mol. The second kappa shape index (κ2) is 2.86. The lowest BCUT2D eigenvalue weighted by Gasteiger charge is -2.09. The van der Waals surface area contributed by atoms with Gasteiger partial charge >= 0.3 is 0 Å². The molecule has 0 aromatic carbocycles. The smallest absolute Gasteiger partial charge is 0.183 e. The molecule has 1 aliphatic heterocycles. The number of ether oxygens (including phenoxy) is 1. The minimum Gasteiger partial charge on any atom is -0.366 e. The first-order valence-electron chi connectivity index (χ1n) is 3.70. The van der Waals surface area contributed by atoms with Gasteiger partial charge in [0, 0.05) is 6.04 Å². The van der Waals surface area contributed by atoms with Crippen LogP contribution in [0.3, 0.4) is 0 Å². The van der Waals surface area contributed by atoms with Crippen molar-refractivity contribution in [2.75, 3.05) is 0 Å². The van der Waals surface area contributed by atoms with Crippen LogP contribution in [0.15, 0.2) is 0 Å². The first-order valence-corrected chi connectivity index (χ1v) is 3.70. The normalized spacial score (nSPS) is 34.5. The first-order chi connectivity index (χ1) is 4.61. The van der Waals surface area contributed by atoms with Crippen LogP contribution >= 0.6 is 0 Å². The van der Waals surface area contributed by atoms with E-state index in [1.807, 2.05) is 0 Å². The molecule has 3 nitrogen and oxygen atoms in total. The van der Waals surface area contributed by atoms with Gasteiger partial charge in [0.15, 0.2) is 6.29 Å². The van der Waals surface area contributed by atoms with E-state index in [-0.39, 0.29) is 12.1 Å². The molecule has 0 aromatic heterocycles. The van der Waals surface area contributed by atoms with E-state index in [9.17, 15) is 0 Å². The number of rotatable bonds is 3. The highest BCUT2D eigenvalue weighted by molar-refractivity contribution is 4.86. The van der Waals surface area contributed by atoms with Crippen LogP contribution in [0.2, 0.25) is 0 Å². The van der Waals surface area contributed by atoms with E-state index in [0.29, 0.717) is 5.92 Å². The molecule has 1 rings (SSSR count).